The van der Waals surface area contributed by atoms with Crippen molar-refractivity contribution in [2.45, 2.75) is 30.9 Å². The Morgan fingerprint density at radius 2 is 1.67 bits per heavy atom. The molecule has 0 aliphatic carbocycles. The van der Waals surface area contributed by atoms with Crippen molar-refractivity contribution < 1.29 is 22.3 Å². The van der Waals surface area contributed by atoms with Crippen molar-refractivity contribution in [3.8, 4) is 5.75 Å². The summed E-state index contributed by atoms with van der Waals surface area (Å²) in [7, 11) is -3.86. The van der Waals surface area contributed by atoms with E-state index in [9.17, 15) is 17.6 Å². The highest BCUT2D eigenvalue weighted by molar-refractivity contribution is 7.89. The van der Waals surface area contributed by atoms with Crippen LogP contribution >= 0.6 is 0 Å². The fraction of sp³-hybridized carbons (Fsp3) is 0.133. The van der Waals surface area contributed by atoms with Gasteiger partial charge in [-0.25, -0.2) is 23.0 Å². The van der Waals surface area contributed by atoms with E-state index in [1.807, 2.05) is 13.0 Å². The summed E-state index contributed by atoms with van der Waals surface area (Å²) in [5.74, 6) is -0.169. The number of carbonyl (C=O) groups is 1. The molecule has 4 rings (SSSR count). The molecule has 0 radical (unpaired) electrons. The van der Waals surface area contributed by atoms with Crippen LogP contribution in [0.25, 0.3) is 0 Å². The molecule has 200 valence electrons. The smallest absolute Gasteiger partial charge is 0.242 e. The third-order valence-corrected chi connectivity index (χ3v) is 7.29. The number of amides is 1. The summed E-state index contributed by atoms with van der Waals surface area (Å²) in [6.45, 7) is 2.11. The molecule has 0 aliphatic rings. The van der Waals surface area contributed by atoms with Gasteiger partial charge in [0.15, 0.2) is 0 Å². The zero-order valence-electron chi connectivity index (χ0n) is 21.3. The second kappa shape index (κ2) is 12.9. The number of nitrogens with zero attached hydrogens (tertiary/aromatic N) is 1. The van der Waals surface area contributed by atoms with E-state index in [4.69, 9.17) is 4.74 Å². The lowest BCUT2D eigenvalue weighted by Crippen LogP contribution is -2.32. The minimum Gasteiger partial charge on any atom is -0.489 e. The maximum absolute atomic E-state index is 13.3. The van der Waals surface area contributed by atoms with Gasteiger partial charge in [-0.15, -0.1) is 0 Å². The van der Waals surface area contributed by atoms with Gasteiger partial charge >= 0.3 is 0 Å². The lowest BCUT2D eigenvalue weighted by molar-refractivity contribution is -0.121. The first-order chi connectivity index (χ1) is 18.8. The van der Waals surface area contributed by atoms with Crippen molar-refractivity contribution in [3.05, 3.63) is 131 Å². The summed E-state index contributed by atoms with van der Waals surface area (Å²) < 4.78 is 47.6. The summed E-state index contributed by atoms with van der Waals surface area (Å²) in [5.41, 5.74) is 5.49. The molecule has 0 fully saturated rings. The molecule has 0 unspecified atom stereocenters. The summed E-state index contributed by atoms with van der Waals surface area (Å²) in [6, 6.07) is 27.8. The van der Waals surface area contributed by atoms with E-state index in [2.05, 4.69) is 15.2 Å². The van der Waals surface area contributed by atoms with Crippen LogP contribution < -0.4 is 14.9 Å². The first kappa shape index (κ1) is 27.7. The third kappa shape index (κ3) is 8.33. The molecule has 0 saturated heterocycles. The Morgan fingerprint density at radius 1 is 0.949 bits per heavy atom. The number of halogens is 1. The Balaban J connectivity index is 1.35. The molecular formula is C30H28FN3O4S. The number of benzene rings is 4. The van der Waals surface area contributed by atoms with Crippen molar-refractivity contribution in [2.24, 2.45) is 5.10 Å². The molecule has 9 heteroatoms. The lowest BCUT2D eigenvalue weighted by atomic mass is 10.0. The SMILES string of the molecule is Cc1ccc(S(=O)(=O)N[C@H](CC(=O)N/N=C\c2ccc(OCc3cccc(F)c3)cc2)c2ccccc2)cc1. The van der Waals surface area contributed by atoms with Crippen LogP contribution in [0.2, 0.25) is 0 Å². The summed E-state index contributed by atoms with van der Waals surface area (Å²) in [6.07, 6.45) is 1.32. The highest BCUT2D eigenvalue weighted by Crippen LogP contribution is 2.21. The molecule has 4 aromatic carbocycles. The minimum absolute atomic E-state index is 0.121. The first-order valence-electron chi connectivity index (χ1n) is 12.2. The van der Waals surface area contributed by atoms with Gasteiger partial charge < -0.3 is 4.74 Å². The molecule has 39 heavy (non-hydrogen) atoms. The van der Waals surface area contributed by atoms with E-state index in [0.29, 0.717) is 16.9 Å². The van der Waals surface area contributed by atoms with E-state index in [1.54, 1.807) is 72.8 Å². The predicted octanol–water partition coefficient (Wildman–Crippen LogP) is 5.27. The highest BCUT2D eigenvalue weighted by Gasteiger charge is 2.23. The fourth-order valence-electron chi connectivity index (χ4n) is 3.74. The number of nitrogens with one attached hydrogen (secondary N) is 2. The second-order valence-corrected chi connectivity index (χ2v) is 10.6. The van der Waals surface area contributed by atoms with Crippen molar-refractivity contribution in [2.75, 3.05) is 0 Å². The van der Waals surface area contributed by atoms with E-state index < -0.39 is 22.0 Å². The van der Waals surface area contributed by atoms with Gasteiger partial charge in [-0.05, 0) is 72.1 Å². The van der Waals surface area contributed by atoms with E-state index in [1.165, 1.54) is 30.5 Å². The van der Waals surface area contributed by atoms with Crippen LogP contribution in [0.15, 0.2) is 113 Å². The maximum atomic E-state index is 13.3. The number of carbonyl (C=O) groups excluding carboxylic acids is 1. The van der Waals surface area contributed by atoms with Gasteiger partial charge in [-0.2, -0.15) is 5.10 Å². The van der Waals surface area contributed by atoms with E-state index in [-0.39, 0.29) is 23.7 Å². The number of ether oxygens (including phenoxy) is 1. The van der Waals surface area contributed by atoms with Gasteiger partial charge in [0.25, 0.3) is 0 Å². The number of hydrazone groups is 1. The molecule has 0 aromatic heterocycles. The predicted molar refractivity (Wildman–Crippen MR) is 148 cm³/mol. The fourth-order valence-corrected chi connectivity index (χ4v) is 4.96. The van der Waals surface area contributed by atoms with Gasteiger partial charge in [0, 0.05) is 6.42 Å². The molecule has 0 saturated carbocycles. The van der Waals surface area contributed by atoms with Crippen LogP contribution in [0.5, 0.6) is 5.75 Å². The second-order valence-electron chi connectivity index (χ2n) is 8.88. The maximum Gasteiger partial charge on any atom is 0.242 e. The largest absolute Gasteiger partial charge is 0.489 e. The Hall–Kier alpha value is -4.34. The van der Waals surface area contributed by atoms with Gasteiger partial charge in [0.05, 0.1) is 17.2 Å². The Kier molecular flexibility index (Phi) is 9.19. The minimum atomic E-state index is -3.86. The van der Waals surface area contributed by atoms with Crippen LogP contribution in [0.1, 0.15) is 34.7 Å². The molecule has 1 atom stereocenters. The number of hydrogen-bond donors (Lipinski definition) is 2. The van der Waals surface area contributed by atoms with Gasteiger partial charge in [-0.3, -0.25) is 4.79 Å². The van der Waals surface area contributed by atoms with Crippen LogP contribution in [-0.4, -0.2) is 20.5 Å². The molecule has 4 aromatic rings. The van der Waals surface area contributed by atoms with Crippen molar-refractivity contribution in [1.29, 1.82) is 0 Å². The number of rotatable bonds is 11. The summed E-state index contributed by atoms with van der Waals surface area (Å²) in [5, 5.41) is 4.00. The molecular weight excluding hydrogens is 517 g/mol. The first-order valence-corrected chi connectivity index (χ1v) is 13.7. The topological polar surface area (TPSA) is 96.9 Å². The Labute approximate surface area is 227 Å². The van der Waals surface area contributed by atoms with Crippen LogP contribution in [0, 0.1) is 12.7 Å². The van der Waals surface area contributed by atoms with E-state index in [0.717, 1.165) is 11.1 Å². The van der Waals surface area contributed by atoms with Gasteiger partial charge in [0.2, 0.25) is 15.9 Å². The third-order valence-electron chi connectivity index (χ3n) is 5.80. The van der Waals surface area contributed by atoms with Gasteiger partial charge in [0.1, 0.15) is 18.2 Å². The molecule has 1 amide bonds. The Bertz CT molecular complexity index is 1520. The molecule has 0 bridgehead atoms. The van der Waals surface area contributed by atoms with E-state index >= 15 is 0 Å². The molecule has 0 aliphatic heterocycles. The van der Waals surface area contributed by atoms with Crippen LogP contribution in [-0.2, 0) is 21.4 Å². The Morgan fingerprint density at radius 3 is 2.36 bits per heavy atom. The standard InChI is InChI=1S/C30H28FN3O4S/c1-22-10-16-28(17-11-22)39(36,37)34-29(25-7-3-2-4-8-25)19-30(35)33-32-20-23-12-14-27(15-13-23)38-21-24-6-5-9-26(31)18-24/h2-18,20,29,34H,19,21H2,1H3,(H,33,35)/b32-20-/t29-/m1/s1. The van der Waals surface area contributed by atoms with Crippen molar-refractivity contribution >= 4 is 22.1 Å². The average molecular weight is 546 g/mol. The number of sulfonamides is 1. The zero-order valence-corrected chi connectivity index (χ0v) is 22.1. The quantitative estimate of drug-likeness (QED) is 0.198. The van der Waals surface area contributed by atoms with Crippen LogP contribution in [0.4, 0.5) is 4.39 Å². The van der Waals surface area contributed by atoms with Crippen molar-refractivity contribution in [1.82, 2.24) is 10.1 Å². The molecule has 2 N–H and O–H groups in total. The average Bonchev–Trinajstić information content (AvgIpc) is 2.93. The van der Waals surface area contributed by atoms with Gasteiger partial charge in [-0.1, -0.05) is 60.2 Å². The molecule has 0 heterocycles. The van der Waals surface area contributed by atoms with Crippen LogP contribution in [0.3, 0.4) is 0 Å². The molecule has 0 spiro atoms. The zero-order chi connectivity index (χ0) is 27.7. The lowest BCUT2D eigenvalue weighted by Gasteiger charge is -2.18. The normalized spacial score (nSPS) is 12.3. The number of aryl methyl sites for hydroxylation is 1. The molecule has 7 nitrogen and oxygen atoms in total. The monoisotopic (exact) mass is 545 g/mol. The summed E-state index contributed by atoms with van der Waals surface area (Å²) in [4.78, 5) is 12.8. The number of hydrogen-bond acceptors (Lipinski definition) is 5. The summed E-state index contributed by atoms with van der Waals surface area (Å²) >= 11 is 0. The van der Waals surface area contributed by atoms with Crippen molar-refractivity contribution in [3.63, 3.8) is 0 Å². The highest BCUT2D eigenvalue weighted by atomic mass is 32.2.